The van der Waals surface area contributed by atoms with Crippen LogP contribution < -0.4 is 0 Å². The molecule has 0 heterocycles. The third-order valence-corrected chi connectivity index (χ3v) is 6.64. The van der Waals surface area contributed by atoms with Crippen molar-refractivity contribution in [3.63, 3.8) is 0 Å². The highest BCUT2D eigenvalue weighted by atomic mass is 16.5. The smallest absolute Gasteiger partial charge is 0.336 e. The van der Waals surface area contributed by atoms with E-state index in [0.29, 0.717) is 31.0 Å². The lowest BCUT2D eigenvalue weighted by molar-refractivity contribution is -0.154. The lowest BCUT2D eigenvalue weighted by atomic mass is 9.86. The average molecular weight is 381 g/mol. The molecule has 0 amide bonds. The summed E-state index contributed by atoms with van der Waals surface area (Å²) in [6.07, 6.45) is 12.5. The van der Waals surface area contributed by atoms with Gasteiger partial charge in [-0.15, -0.1) is 0 Å². The van der Waals surface area contributed by atoms with E-state index >= 15 is 0 Å². The molecule has 1 N–H and O–H groups in total. The van der Waals surface area contributed by atoms with E-state index in [0.717, 1.165) is 19.3 Å². The standard InChI is InChI=1S/C22H36O5/c1-3-4-5-6-7-8-10-16-13-14-19(23)17(16)11-9-12-20(24)18-15-22(18,27-2)21(25)26/h16-18H,3-15H2,1-2H3,(H,25,26)/t16-,17+,18?,22?/m0/s1. The molecule has 2 aliphatic carbocycles. The Morgan fingerprint density at radius 1 is 1.11 bits per heavy atom. The van der Waals surface area contributed by atoms with Gasteiger partial charge in [-0.25, -0.2) is 4.79 Å². The zero-order chi connectivity index (χ0) is 19.9. The molecule has 0 aliphatic heterocycles. The molecule has 0 spiro atoms. The van der Waals surface area contributed by atoms with Crippen LogP contribution in [0.25, 0.3) is 0 Å². The number of hydrogen-bond donors (Lipinski definition) is 1. The second-order valence-corrected chi connectivity index (χ2v) is 8.44. The second-order valence-electron chi connectivity index (χ2n) is 8.44. The molecule has 154 valence electrons. The zero-order valence-electron chi connectivity index (χ0n) is 17.0. The van der Waals surface area contributed by atoms with Crippen LogP contribution in [0.3, 0.4) is 0 Å². The molecule has 5 nitrogen and oxygen atoms in total. The van der Waals surface area contributed by atoms with Gasteiger partial charge in [0.25, 0.3) is 0 Å². The zero-order valence-corrected chi connectivity index (χ0v) is 17.0. The number of unbranched alkanes of at least 4 members (excludes halogenated alkanes) is 5. The summed E-state index contributed by atoms with van der Waals surface area (Å²) >= 11 is 0. The minimum absolute atomic E-state index is 0.0304. The first kappa shape index (κ1) is 22.1. The summed E-state index contributed by atoms with van der Waals surface area (Å²) in [6.45, 7) is 2.22. The first-order valence-electron chi connectivity index (χ1n) is 10.8. The third-order valence-electron chi connectivity index (χ3n) is 6.64. The quantitative estimate of drug-likeness (QED) is 0.447. The highest BCUT2D eigenvalue weighted by molar-refractivity contribution is 5.96. The van der Waals surface area contributed by atoms with Gasteiger partial charge in [-0.05, 0) is 31.6 Å². The molecule has 5 heteroatoms. The van der Waals surface area contributed by atoms with Crippen LogP contribution in [0.4, 0.5) is 0 Å². The Morgan fingerprint density at radius 2 is 1.81 bits per heavy atom. The normalized spacial score (nSPS) is 29.9. The van der Waals surface area contributed by atoms with E-state index in [-0.39, 0.29) is 18.1 Å². The van der Waals surface area contributed by atoms with Crippen molar-refractivity contribution in [3.8, 4) is 0 Å². The molecule has 2 saturated carbocycles. The molecule has 2 fully saturated rings. The number of carboxylic acid groups (broad SMARTS) is 1. The summed E-state index contributed by atoms with van der Waals surface area (Å²) in [4.78, 5) is 35.8. The molecular formula is C22H36O5. The first-order chi connectivity index (χ1) is 13.0. The number of Topliss-reactive ketones (excluding diaryl/α,β-unsaturated/α-hetero) is 2. The number of rotatable bonds is 14. The number of carbonyl (C=O) groups excluding carboxylic acids is 2. The van der Waals surface area contributed by atoms with Crippen molar-refractivity contribution in [2.45, 2.75) is 96.0 Å². The number of ether oxygens (including phenoxy) is 1. The fraction of sp³-hybridized carbons (Fsp3) is 0.864. The summed E-state index contributed by atoms with van der Waals surface area (Å²) in [5.74, 6) is -0.638. The van der Waals surface area contributed by atoms with Crippen LogP contribution in [0.15, 0.2) is 0 Å². The Morgan fingerprint density at radius 3 is 2.44 bits per heavy atom. The van der Waals surface area contributed by atoms with Crippen LogP contribution in [-0.2, 0) is 19.1 Å². The largest absolute Gasteiger partial charge is 0.479 e. The fourth-order valence-electron chi connectivity index (χ4n) is 4.74. The predicted molar refractivity (Wildman–Crippen MR) is 104 cm³/mol. The Labute approximate surface area is 163 Å². The van der Waals surface area contributed by atoms with E-state index in [1.165, 1.54) is 45.6 Å². The Balaban J connectivity index is 1.68. The van der Waals surface area contributed by atoms with Gasteiger partial charge in [0.15, 0.2) is 5.60 Å². The van der Waals surface area contributed by atoms with E-state index in [2.05, 4.69) is 6.92 Å². The minimum Gasteiger partial charge on any atom is -0.479 e. The molecule has 4 atom stereocenters. The lowest BCUT2D eigenvalue weighted by Crippen LogP contribution is -2.29. The van der Waals surface area contributed by atoms with Gasteiger partial charge in [-0.1, -0.05) is 45.4 Å². The Bertz CT molecular complexity index is 529. The summed E-state index contributed by atoms with van der Waals surface area (Å²) in [5, 5.41) is 9.22. The van der Waals surface area contributed by atoms with Crippen LogP contribution in [0.1, 0.15) is 90.4 Å². The van der Waals surface area contributed by atoms with Gasteiger partial charge < -0.3 is 9.84 Å². The number of carbonyl (C=O) groups is 3. The number of ketones is 2. The summed E-state index contributed by atoms with van der Waals surface area (Å²) < 4.78 is 5.06. The maximum atomic E-state index is 12.3. The van der Waals surface area contributed by atoms with E-state index in [1.54, 1.807) is 0 Å². The maximum Gasteiger partial charge on any atom is 0.336 e. The predicted octanol–water partition coefficient (Wildman–Crippen LogP) is 4.56. The van der Waals surface area contributed by atoms with Crippen molar-refractivity contribution in [1.82, 2.24) is 0 Å². The first-order valence-corrected chi connectivity index (χ1v) is 10.8. The molecule has 27 heavy (non-hydrogen) atoms. The topological polar surface area (TPSA) is 80.7 Å². The Kier molecular flexibility index (Phi) is 8.46. The Hall–Kier alpha value is -1.23. The van der Waals surface area contributed by atoms with Crippen molar-refractivity contribution in [1.29, 1.82) is 0 Å². The monoisotopic (exact) mass is 380 g/mol. The second kappa shape index (κ2) is 10.4. The highest BCUT2D eigenvalue weighted by Gasteiger charge is 2.64. The third kappa shape index (κ3) is 5.63. The van der Waals surface area contributed by atoms with E-state index in [1.807, 2.05) is 0 Å². The van der Waals surface area contributed by atoms with E-state index in [4.69, 9.17) is 4.74 Å². The minimum atomic E-state index is -1.29. The van der Waals surface area contributed by atoms with Gasteiger partial charge in [0.2, 0.25) is 0 Å². The summed E-state index contributed by atoms with van der Waals surface area (Å²) in [6, 6.07) is 0. The maximum absolute atomic E-state index is 12.3. The van der Waals surface area contributed by atoms with Gasteiger partial charge in [0.05, 0.1) is 5.92 Å². The van der Waals surface area contributed by atoms with Crippen LogP contribution in [0.2, 0.25) is 0 Å². The van der Waals surface area contributed by atoms with Crippen LogP contribution in [0.5, 0.6) is 0 Å². The van der Waals surface area contributed by atoms with Crippen molar-refractivity contribution in [3.05, 3.63) is 0 Å². The van der Waals surface area contributed by atoms with Crippen molar-refractivity contribution in [2.75, 3.05) is 7.11 Å². The molecule has 0 aromatic heterocycles. The fourth-order valence-corrected chi connectivity index (χ4v) is 4.74. The van der Waals surface area contributed by atoms with Crippen molar-refractivity contribution in [2.24, 2.45) is 17.8 Å². The van der Waals surface area contributed by atoms with Gasteiger partial charge in [-0.2, -0.15) is 0 Å². The van der Waals surface area contributed by atoms with E-state index < -0.39 is 17.5 Å². The van der Waals surface area contributed by atoms with Gasteiger partial charge in [0.1, 0.15) is 11.6 Å². The molecule has 0 aromatic rings. The van der Waals surface area contributed by atoms with Gasteiger partial charge in [0, 0.05) is 32.3 Å². The van der Waals surface area contributed by atoms with Crippen molar-refractivity contribution >= 4 is 17.5 Å². The van der Waals surface area contributed by atoms with Crippen LogP contribution in [-0.4, -0.2) is 35.4 Å². The van der Waals surface area contributed by atoms with Gasteiger partial charge in [-0.3, -0.25) is 9.59 Å². The molecule has 2 rings (SSSR count). The summed E-state index contributed by atoms with van der Waals surface area (Å²) in [7, 11) is 1.35. The van der Waals surface area contributed by atoms with E-state index in [9.17, 15) is 19.5 Å². The molecule has 0 aromatic carbocycles. The summed E-state index contributed by atoms with van der Waals surface area (Å²) in [5.41, 5.74) is -1.29. The molecule has 0 bridgehead atoms. The number of aliphatic carboxylic acids is 1. The van der Waals surface area contributed by atoms with Crippen LogP contribution >= 0.6 is 0 Å². The number of hydrogen-bond acceptors (Lipinski definition) is 4. The molecule has 0 saturated heterocycles. The molecular weight excluding hydrogens is 344 g/mol. The lowest BCUT2D eigenvalue weighted by Gasteiger charge is -2.18. The van der Waals surface area contributed by atoms with Gasteiger partial charge >= 0.3 is 5.97 Å². The average Bonchev–Trinajstić information content (AvgIpc) is 3.32. The highest BCUT2D eigenvalue weighted by Crippen LogP contribution is 2.48. The SMILES string of the molecule is CCCCCCCC[C@H]1CCC(=O)[C@@H]1CCCC(=O)C1CC1(OC)C(=O)O. The van der Waals surface area contributed by atoms with Crippen LogP contribution in [0, 0.1) is 17.8 Å². The number of methoxy groups -OCH3 is 1. The number of carboxylic acids is 1. The molecule has 0 radical (unpaired) electrons. The van der Waals surface area contributed by atoms with Crippen molar-refractivity contribution < 1.29 is 24.2 Å². The molecule has 2 aliphatic rings. The molecule has 2 unspecified atom stereocenters.